The average Bonchev–Trinajstić information content (AvgIpc) is 3.09. The van der Waals surface area contributed by atoms with E-state index >= 15 is 0 Å². The van der Waals surface area contributed by atoms with Crippen molar-refractivity contribution < 1.29 is 19.4 Å². The van der Waals surface area contributed by atoms with Crippen LogP contribution in [0.4, 0.5) is 11.4 Å². The lowest BCUT2D eigenvalue weighted by Gasteiger charge is -2.26. The molecule has 1 fully saturated rings. The van der Waals surface area contributed by atoms with Crippen LogP contribution >= 0.6 is 0 Å². The molecule has 34 heavy (non-hydrogen) atoms. The van der Waals surface area contributed by atoms with Gasteiger partial charge in [-0.2, -0.15) is 0 Å². The summed E-state index contributed by atoms with van der Waals surface area (Å²) in [6.07, 6.45) is -0.0375. The maximum Gasteiger partial charge on any atom is 0.300 e. The Balaban J connectivity index is 1.90. The Hall–Kier alpha value is -4.06. The van der Waals surface area contributed by atoms with Gasteiger partial charge >= 0.3 is 0 Å². The molecule has 0 aromatic heterocycles. The van der Waals surface area contributed by atoms with Crippen molar-refractivity contribution in [3.05, 3.63) is 95.6 Å². The van der Waals surface area contributed by atoms with Gasteiger partial charge in [0.15, 0.2) is 0 Å². The molecule has 3 aromatic carbocycles. The number of carbonyl (C=O) groups is 2. The van der Waals surface area contributed by atoms with Crippen LogP contribution in [-0.4, -0.2) is 37.0 Å². The molecule has 1 unspecified atom stereocenters. The van der Waals surface area contributed by atoms with Crippen LogP contribution in [0.25, 0.3) is 5.76 Å². The molecule has 1 heterocycles. The first-order valence-electron chi connectivity index (χ1n) is 11.2. The Morgan fingerprint density at radius 1 is 0.941 bits per heavy atom. The number of aliphatic hydroxyl groups excluding tert-OH is 1. The van der Waals surface area contributed by atoms with Gasteiger partial charge < -0.3 is 14.7 Å². The molecule has 0 spiro atoms. The average molecular weight is 457 g/mol. The second kappa shape index (κ2) is 9.43. The lowest BCUT2D eigenvalue weighted by atomic mass is 9.95. The monoisotopic (exact) mass is 456 g/mol. The summed E-state index contributed by atoms with van der Waals surface area (Å²) in [5.74, 6) is -0.985. The molecule has 0 saturated carbocycles. The zero-order chi connectivity index (χ0) is 24.4. The largest absolute Gasteiger partial charge is 0.507 e. The minimum atomic E-state index is -0.805. The van der Waals surface area contributed by atoms with Crippen molar-refractivity contribution in [2.45, 2.75) is 26.0 Å². The van der Waals surface area contributed by atoms with Crippen molar-refractivity contribution in [3.63, 3.8) is 0 Å². The lowest BCUT2D eigenvalue weighted by Crippen LogP contribution is -2.29. The van der Waals surface area contributed by atoms with Gasteiger partial charge in [-0.15, -0.1) is 0 Å². The van der Waals surface area contributed by atoms with Gasteiger partial charge in [-0.05, 0) is 55.8 Å². The summed E-state index contributed by atoms with van der Waals surface area (Å²) in [4.78, 5) is 30.0. The van der Waals surface area contributed by atoms with Gasteiger partial charge in [0.1, 0.15) is 11.5 Å². The van der Waals surface area contributed by atoms with Crippen LogP contribution in [0.15, 0.2) is 84.4 Å². The number of ether oxygens (including phenoxy) is 1. The summed E-state index contributed by atoms with van der Waals surface area (Å²) in [5.41, 5.74) is 2.73. The van der Waals surface area contributed by atoms with Crippen LogP contribution in [0, 0.1) is 0 Å². The molecule has 1 saturated heterocycles. The van der Waals surface area contributed by atoms with E-state index in [4.69, 9.17) is 4.74 Å². The highest BCUT2D eigenvalue weighted by Gasteiger charge is 2.47. The van der Waals surface area contributed by atoms with E-state index in [9.17, 15) is 14.7 Å². The Bertz CT molecular complexity index is 1230. The Morgan fingerprint density at radius 3 is 2.24 bits per heavy atom. The number of benzene rings is 3. The quantitative estimate of drug-likeness (QED) is 0.315. The van der Waals surface area contributed by atoms with Gasteiger partial charge in [0.25, 0.3) is 11.7 Å². The molecule has 1 aliphatic heterocycles. The van der Waals surface area contributed by atoms with Crippen LogP contribution in [0.5, 0.6) is 5.75 Å². The minimum Gasteiger partial charge on any atom is -0.507 e. The fourth-order valence-electron chi connectivity index (χ4n) is 4.11. The number of ketones is 1. The van der Waals surface area contributed by atoms with Crippen molar-refractivity contribution in [2.24, 2.45) is 0 Å². The smallest absolute Gasteiger partial charge is 0.300 e. The third-order valence-corrected chi connectivity index (χ3v) is 5.68. The zero-order valence-electron chi connectivity index (χ0n) is 19.7. The summed E-state index contributed by atoms with van der Waals surface area (Å²) in [5, 5.41) is 11.2. The van der Waals surface area contributed by atoms with Gasteiger partial charge in [-0.3, -0.25) is 14.5 Å². The fraction of sp³-hybridized carbons (Fsp3) is 0.214. The van der Waals surface area contributed by atoms with Crippen molar-refractivity contribution in [2.75, 3.05) is 23.9 Å². The molecule has 6 heteroatoms. The molecule has 174 valence electrons. The summed E-state index contributed by atoms with van der Waals surface area (Å²) >= 11 is 0. The first-order valence-corrected chi connectivity index (χ1v) is 11.2. The fourth-order valence-corrected chi connectivity index (χ4v) is 4.11. The SMILES string of the molecule is CC(C)Oc1cccc(C2/C(=C(/O)c3ccccc3)C(=O)C(=O)N2c2ccc(N(C)C)cc2)c1. The molecule has 1 N–H and O–H groups in total. The highest BCUT2D eigenvalue weighted by Crippen LogP contribution is 2.43. The second-order valence-electron chi connectivity index (χ2n) is 8.69. The van der Waals surface area contributed by atoms with Crippen molar-refractivity contribution in [1.82, 2.24) is 0 Å². The maximum atomic E-state index is 13.3. The minimum absolute atomic E-state index is 0.0375. The van der Waals surface area contributed by atoms with Gasteiger partial charge in [0.05, 0.1) is 17.7 Å². The maximum absolute atomic E-state index is 13.3. The van der Waals surface area contributed by atoms with Crippen LogP contribution in [0.3, 0.4) is 0 Å². The Morgan fingerprint density at radius 2 is 1.62 bits per heavy atom. The highest BCUT2D eigenvalue weighted by molar-refractivity contribution is 6.51. The van der Waals surface area contributed by atoms with Crippen LogP contribution in [0.2, 0.25) is 0 Å². The molecule has 0 aliphatic carbocycles. The first kappa shape index (κ1) is 23.1. The molecular weight excluding hydrogens is 428 g/mol. The number of anilines is 2. The van der Waals surface area contributed by atoms with Crippen LogP contribution < -0.4 is 14.5 Å². The predicted octanol–water partition coefficient (Wildman–Crippen LogP) is 5.17. The molecular formula is C28H28N2O4. The van der Waals surface area contributed by atoms with Crippen LogP contribution in [0.1, 0.15) is 31.0 Å². The van der Waals surface area contributed by atoms with E-state index in [1.54, 1.807) is 24.3 Å². The Labute approximate surface area is 199 Å². The van der Waals surface area contributed by atoms with E-state index in [-0.39, 0.29) is 17.4 Å². The molecule has 0 bridgehead atoms. The van der Waals surface area contributed by atoms with Gasteiger partial charge in [-0.1, -0.05) is 42.5 Å². The topological polar surface area (TPSA) is 70.1 Å². The Kier molecular flexibility index (Phi) is 6.41. The lowest BCUT2D eigenvalue weighted by molar-refractivity contribution is -0.132. The zero-order valence-corrected chi connectivity index (χ0v) is 19.7. The predicted molar refractivity (Wildman–Crippen MR) is 134 cm³/mol. The number of hydrogen-bond acceptors (Lipinski definition) is 5. The summed E-state index contributed by atoms with van der Waals surface area (Å²) < 4.78 is 5.86. The number of carbonyl (C=O) groups excluding carboxylic acids is 2. The third-order valence-electron chi connectivity index (χ3n) is 5.68. The van der Waals surface area contributed by atoms with E-state index in [1.165, 1.54) is 4.90 Å². The van der Waals surface area contributed by atoms with E-state index in [0.717, 1.165) is 5.69 Å². The van der Waals surface area contributed by atoms with Gasteiger partial charge in [-0.25, -0.2) is 0 Å². The number of amides is 1. The summed E-state index contributed by atoms with van der Waals surface area (Å²) in [6.45, 7) is 3.86. The van der Waals surface area contributed by atoms with E-state index in [2.05, 4.69) is 0 Å². The molecule has 1 atom stereocenters. The van der Waals surface area contributed by atoms with Crippen molar-refractivity contribution >= 4 is 28.8 Å². The molecule has 1 aliphatic rings. The van der Waals surface area contributed by atoms with E-state index in [1.807, 2.05) is 87.4 Å². The molecule has 4 rings (SSSR count). The molecule has 6 nitrogen and oxygen atoms in total. The second-order valence-corrected chi connectivity index (χ2v) is 8.69. The molecule has 0 radical (unpaired) electrons. The van der Waals surface area contributed by atoms with Crippen molar-refractivity contribution in [1.29, 1.82) is 0 Å². The molecule has 1 amide bonds. The van der Waals surface area contributed by atoms with Gasteiger partial charge in [0, 0.05) is 31.0 Å². The normalized spacial score (nSPS) is 17.3. The number of hydrogen-bond donors (Lipinski definition) is 1. The van der Waals surface area contributed by atoms with E-state index in [0.29, 0.717) is 22.6 Å². The number of rotatable bonds is 6. The third kappa shape index (κ3) is 4.39. The van der Waals surface area contributed by atoms with Gasteiger partial charge in [0.2, 0.25) is 0 Å². The van der Waals surface area contributed by atoms with E-state index < -0.39 is 17.7 Å². The van der Waals surface area contributed by atoms with Crippen LogP contribution in [-0.2, 0) is 9.59 Å². The standard InChI is InChI=1S/C28H28N2O4/c1-18(2)34-23-12-8-11-20(17-23)25-24(26(31)19-9-6-5-7-10-19)27(32)28(33)30(25)22-15-13-21(14-16-22)29(3)4/h5-18,25,31H,1-4H3/b26-24-. The first-order chi connectivity index (χ1) is 16.3. The summed E-state index contributed by atoms with van der Waals surface area (Å²) in [6, 6.07) is 22.7. The highest BCUT2D eigenvalue weighted by atomic mass is 16.5. The van der Waals surface area contributed by atoms with Crippen molar-refractivity contribution in [3.8, 4) is 5.75 Å². The number of nitrogens with zero attached hydrogens (tertiary/aromatic N) is 2. The number of aliphatic hydroxyl groups is 1. The molecule has 3 aromatic rings. The number of Topliss-reactive ketones (excluding diaryl/α,β-unsaturated/α-hetero) is 1. The summed E-state index contributed by atoms with van der Waals surface area (Å²) in [7, 11) is 3.86.